The fraction of sp³-hybridized carbons (Fsp3) is 0.250. The molecule has 0 saturated carbocycles. The number of thiazole rings is 2. The third-order valence-corrected chi connectivity index (χ3v) is 4.48. The molecule has 0 atom stereocenters. The van der Waals surface area contributed by atoms with Crippen molar-refractivity contribution in [2.45, 2.75) is 22.5 Å². The van der Waals surface area contributed by atoms with Crippen LogP contribution in [0.5, 0.6) is 0 Å². The maximum absolute atomic E-state index is 4.36. The minimum atomic E-state index is 1.08. The summed E-state index contributed by atoms with van der Waals surface area (Å²) in [5, 5.41) is 4.12. The summed E-state index contributed by atoms with van der Waals surface area (Å²) in [7, 11) is 0. The molecule has 0 aromatic carbocycles. The maximum Gasteiger partial charge on any atom is 0.157 e. The summed E-state index contributed by atoms with van der Waals surface area (Å²) in [5.41, 5.74) is 2.17. The highest BCUT2D eigenvalue weighted by Crippen LogP contribution is 2.32. The summed E-state index contributed by atoms with van der Waals surface area (Å²) in [6.07, 6.45) is 0. The Morgan fingerprint density at radius 1 is 1.00 bits per heavy atom. The fourth-order valence-corrected chi connectivity index (χ4v) is 3.71. The summed E-state index contributed by atoms with van der Waals surface area (Å²) >= 11 is 4.99. The predicted octanol–water partition coefficient (Wildman–Crippen LogP) is 3.37. The largest absolute Gasteiger partial charge is 0.235 e. The normalized spacial score (nSPS) is 10.6. The molecule has 0 aliphatic carbocycles. The molecular weight excluding hydrogens is 220 g/mol. The lowest BCUT2D eigenvalue weighted by molar-refractivity contribution is 1.13. The van der Waals surface area contributed by atoms with Crippen LogP contribution in [0.3, 0.4) is 0 Å². The first kappa shape index (κ1) is 9.18. The molecule has 0 saturated heterocycles. The van der Waals surface area contributed by atoms with Crippen LogP contribution in [-0.2, 0) is 0 Å². The van der Waals surface area contributed by atoms with Crippen molar-refractivity contribution >= 4 is 34.4 Å². The van der Waals surface area contributed by atoms with Crippen molar-refractivity contribution in [1.82, 2.24) is 9.97 Å². The van der Waals surface area contributed by atoms with Crippen LogP contribution in [0.15, 0.2) is 19.4 Å². The zero-order chi connectivity index (χ0) is 9.26. The van der Waals surface area contributed by atoms with Crippen LogP contribution in [0.2, 0.25) is 0 Å². The monoisotopic (exact) mass is 228 g/mol. The average molecular weight is 228 g/mol. The molecule has 0 radical (unpaired) electrons. The van der Waals surface area contributed by atoms with Gasteiger partial charge in [-0.05, 0) is 25.6 Å². The van der Waals surface area contributed by atoms with Gasteiger partial charge >= 0.3 is 0 Å². The molecule has 13 heavy (non-hydrogen) atoms. The molecule has 2 aromatic heterocycles. The van der Waals surface area contributed by atoms with Gasteiger partial charge in [0.1, 0.15) is 0 Å². The number of rotatable bonds is 2. The van der Waals surface area contributed by atoms with Crippen LogP contribution in [0.4, 0.5) is 0 Å². The molecule has 0 amide bonds. The third kappa shape index (κ3) is 2.30. The first-order chi connectivity index (χ1) is 6.24. The third-order valence-electron chi connectivity index (χ3n) is 1.37. The Morgan fingerprint density at radius 3 is 1.77 bits per heavy atom. The van der Waals surface area contributed by atoms with E-state index in [4.69, 9.17) is 0 Å². The van der Waals surface area contributed by atoms with E-state index in [0.717, 1.165) is 20.1 Å². The molecule has 2 nitrogen and oxygen atoms in total. The lowest BCUT2D eigenvalue weighted by atomic mass is 10.6. The van der Waals surface area contributed by atoms with E-state index < -0.39 is 0 Å². The zero-order valence-electron chi connectivity index (χ0n) is 7.27. The quantitative estimate of drug-likeness (QED) is 0.788. The first-order valence-corrected chi connectivity index (χ1v) is 6.34. The molecule has 2 rings (SSSR count). The second-order valence-corrected chi connectivity index (χ2v) is 5.82. The van der Waals surface area contributed by atoms with Crippen LogP contribution < -0.4 is 0 Å². The van der Waals surface area contributed by atoms with E-state index in [1.165, 1.54) is 0 Å². The van der Waals surface area contributed by atoms with Crippen molar-refractivity contribution in [2.24, 2.45) is 0 Å². The molecule has 2 heterocycles. The van der Waals surface area contributed by atoms with Crippen molar-refractivity contribution in [3.8, 4) is 0 Å². The second-order valence-electron chi connectivity index (χ2n) is 2.61. The minimum absolute atomic E-state index is 1.08. The summed E-state index contributed by atoms with van der Waals surface area (Å²) < 4.78 is 2.15. The van der Waals surface area contributed by atoms with Gasteiger partial charge in [0, 0.05) is 22.1 Å². The maximum atomic E-state index is 4.36. The highest BCUT2D eigenvalue weighted by Gasteiger charge is 2.04. The van der Waals surface area contributed by atoms with Crippen LogP contribution in [0.25, 0.3) is 0 Å². The lowest BCUT2D eigenvalue weighted by Crippen LogP contribution is -1.72. The standard InChI is InChI=1S/C8H8N2S3/c1-5-3-11-7(9-5)13-8-10-6(2)4-12-8/h3-4H,1-2H3. The zero-order valence-corrected chi connectivity index (χ0v) is 9.72. The summed E-state index contributed by atoms with van der Waals surface area (Å²) in [5.74, 6) is 0. The highest BCUT2D eigenvalue weighted by molar-refractivity contribution is 8.02. The van der Waals surface area contributed by atoms with Crippen LogP contribution >= 0.6 is 34.4 Å². The van der Waals surface area contributed by atoms with Crippen LogP contribution in [0.1, 0.15) is 11.4 Å². The summed E-state index contributed by atoms with van der Waals surface area (Å²) in [4.78, 5) is 8.73. The predicted molar refractivity (Wildman–Crippen MR) is 57.8 cm³/mol. The highest BCUT2D eigenvalue weighted by atomic mass is 32.2. The van der Waals surface area contributed by atoms with E-state index in [1.807, 2.05) is 13.8 Å². The van der Waals surface area contributed by atoms with Gasteiger partial charge in [-0.15, -0.1) is 22.7 Å². The Kier molecular flexibility index (Phi) is 2.66. The number of aromatic nitrogens is 2. The Labute approximate surface area is 89.1 Å². The average Bonchev–Trinajstić information content (AvgIpc) is 2.62. The number of aryl methyl sites for hydroxylation is 2. The van der Waals surface area contributed by atoms with E-state index in [1.54, 1.807) is 34.4 Å². The van der Waals surface area contributed by atoms with Gasteiger partial charge in [-0.2, -0.15) is 0 Å². The summed E-state index contributed by atoms with van der Waals surface area (Å²) in [6.45, 7) is 4.02. The van der Waals surface area contributed by atoms with Gasteiger partial charge in [-0.3, -0.25) is 0 Å². The van der Waals surface area contributed by atoms with Crippen molar-refractivity contribution in [3.05, 3.63) is 22.1 Å². The van der Waals surface area contributed by atoms with E-state index in [9.17, 15) is 0 Å². The Balaban J connectivity index is 2.14. The molecule has 0 unspecified atom stereocenters. The Hall–Kier alpha value is -0.390. The van der Waals surface area contributed by atoms with E-state index in [0.29, 0.717) is 0 Å². The van der Waals surface area contributed by atoms with Gasteiger partial charge in [-0.25, -0.2) is 9.97 Å². The van der Waals surface area contributed by atoms with Crippen molar-refractivity contribution < 1.29 is 0 Å². The van der Waals surface area contributed by atoms with Crippen molar-refractivity contribution in [2.75, 3.05) is 0 Å². The molecule has 0 aliphatic rings. The van der Waals surface area contributed by atoms with Gasteiger partial charge in [-0.1, -0.05) is 0 Å². The van der Waals surface area contributed by atoms with Gasteiger partial charge in [0.05, 0.1) is 0 Å². The lowest BCUT2D eigenvalue weighted by Gasteiger charge is -1.88. The summed E-state index contributed by atoms with van der Waals surface area (Å²) in [6, 6.07) is 0. The Morgan fingerprint density at radius 2 is 1.46 bits per heavy atom. The molecular formula is C8H8N2S3. The van der Waals surface area contributed by atoms with Crippen molar-refractivity contribution in [1.29, 1.82) is 0 Å². The number of hydrogen-bond donors (Lipinski definition) is 0. The first-order valence-electron chi connectivity index (χ1n) is 3.76. The molecule has 0 N–H and O–H groups in total. The van der Waals surface area contributed by atoms with E-state index in [-0.39, 0.29) is 0 Å². The molecule has 2 aromatic rings. The molecule has 0 fully saturated rings. The molecule has 0 bridgehead atoms. The fourth-order valence-electron chi connectivity index (χ4n) is 0.833. The van der Waals surface area contributed by atoms with E-state index >= 15 is 0 Å². The van der Waals surface area contributed by atoms with Gasteiger partial charge < -0.3 is 0 Å². The van der Waals surface area contributed by atoms with Gasteiger partial charge in [0.25, 0.3) is 0 Å². The Bertz CT molecular complexity index is 367. The molecule has 0 spiro atoms. The SMILES string of the molecule is Cc1csc(Sc2nc(C)cs2)n1. The van der Waals surface area contributed by atoms with Crippen LogP contribution in [-0.4, -0.2) is 9.97 Å². The molecule has 5 heteroatoms. The minimum Gasteiger partial charge on any atom is -0.235 e. The van der Waals surface area contributed by atoms with Crippen LogP contribution in [0, 0.1) is 13.8 Å². The number of hydrogen-bond acceptors (Lipinski definition) is 5. The molecule has 68 valence electrons. The number of nitrogens with zero attached hydrogens (tertiary/aromatic N) is 2. The topological polar surface area (TPSA) is 25.8 Å². The van der Waals surface area contributed by atoms with Gasteiger partial charge in [0.15, 0.2) is 8.68 Å². The smallest absolute Gasteiger partial charge is 0.157 e. The molecule has 0 aliphatic heterocycles. The van der Waals surface area contributed by atoms with Gasteiger partial charge in [0.2, 0.25) is 0 Å². The second kappa shape index (κ2) is 3.77. The van der Waals surface area contributed by atoms with Crippen molar-refractivity contribution in [3.63, 3.8) is 0 Å². The van der Waals surface area contributed by atoms with E-state index in [2.05, 4.69) is 20.7 Å².